The third-order valence-electron chi connectivity index (χ3n) is 25.6. The summed E-state index contributed by atoms with van der Waals surface area (Å²) in [5.41, 5.74) is 35.9. The minimum absolute atomic E-state index is 0.0782. The third kappa shape index (κ3) is 14.8. The third-order valence-corrected chi connectivity index (χ3v) is 25.6. The molecule has 0 N–H and O–H groups in total. The fourth-order valence-corrected chi connectivity index (χ4v) is 19.3. The van der Waals surface area contributed by atoms with Gasteiger partial charge in [0.15, 0.2) is 0 Å². The number of fused-ring (bicyclic) bond motifs is 12. The minimum Gasteiger partial charge on any atom is -0.311 e. The van der Waals surface area contributed by atoms with Gasteiger partial charge >= 0.3 is 0 Å². The molecule has 0 unspecified atom stereocenters. The Bertz CT molecular complexity index is 7680. The highest BCUT2D eigenvalue weighted by molar-refractivity contribution is 6.12. The molecule has 1 aliphatic carbocycles. The van der Waals surface area contributed by atoms with Gasteiger partial charge in [-0.2, -0.15) is 0 Å². The number of nitrogens with zero attached hydrogens (tertiary/aromatic N) is 6. The monoisotopic (exact) mass is 1650 g/mol. The van der Waals surface area contributed by atoms with E-state index in [2.05, 4.69) is 552 Å². The van der Waals surface area contributed by atoms with Gasteiger partial charge in [0.25, 0.3) is 0 Å². The molecular weight excluding hydrogens is 1560 g/mol. The molecule has 0 saturated carbocycles. The average molecular weight is 1650 g/mol. The normalized spacial score (nSPS) is 11.9. The van der Waals surface area contributed by atoms with Gasteiger partial charge in [-0.3, -0.25) is 0 Å². The maximum atomic E-state index is 2.40. The second-order valence-corrected chi connectivity index (χ2v) is 33.6. The van der Waals surface area contributed by atoms with Crippen molar-refractivity contribution in [1.82, 2.24) is 13.7 Å². The first-order valence-electron chi connectivity index (χ1n) is 44.4. The van der Waals surface area contributed by atoms with Gasteiger partial charge in [0.1, 0.15) is 0 Å². The number of rotatable bonds is 16. The number of benzene rings is 20. The van der Waals surface area contributed by atoms with E-state index in [0.717, 1.165) is 68.2 Å². The zero-order valence-corrected chi connectivity index (χ0v) is 71.7. The van der Waals surface area contributed by atoms with Crippen molar-refractivity contribution >= 4 is 117 Å². The van der Waals surface area contributed by atoms with Crippen LogP contribution in [0.4, 0.5) is 51.2 Å². The summed E-state index contributed by atoms with van der Waals surface area (Å²) in [5, 5.41) is 7.63. The van der Waals surface area contributed by atoms with E-state index in [1.54, 1.807) is 0 Å². The van der Waals surface area contributed by atoms with E-state index in [9.17, 15) is 0 Å². The molecule has 20 aromatic carbocycles. The highest BCUT2D eigenvalue weighted by atomic mass is 15.2. The molecule has 0 radical (unpaired) electrons. The molecule has 6 heteroatoms. The molecule has 0 atom stereocenters. The van der Waals surface area contributed by atoms with Crippen LogP contribution < -0.4 is 14.7 Å². The Hall–Kier alpha value is -16.8. The van der Waals surface area contributed by atoms with Crippen molar-refractivity contribution in [3.05, 3.63) is 521 Å². The second-order valence-electron chi connectivity index (χ2n) is 33.6. The number of anilines is 9. The van der Waals surface area contributed by atoms with E-state index in [1.165, 1.54) is 132 Å². The number of aromatic nitrogens is 3. The molecule has 23 aromatic rings. The highest BCUT2D eigenvalue weighted by Crippen LogP contribution is 2.52. The van der Waals surface area contributed by atoms with Crippen LogP contribution in [0.2, 0.25) is 0 Å². The lowest BCUT2D eigenvalue weighted by molar-refractivity contribution is 0.660. The first kappa shape index (κ1) is 78.2. The van der Waals surface area contributed by atoms with Gasteiger partial charge in [-0.15, -0.1) is 0 Å². The fraction of sp³-hybridized carbons (Fsp3) is 0.0244. The van der Waals surface area contributed by atoms with Crippen molar-refractivity contribution in [3.63, 3.8) is 0 Å². The van der Waals surface area contributed by atoms with Crippen molar-refractivity contribution in [1.29, 1.82) is 0 Å². The van der Waals surface area contributed by atoms with E-state index in [4.69, 9.17) is 0 Å². The largest absolute Gasteiger partial charge is 0.311 e. The molecule has 0 saturated heterocycles. The van der Waals surface area contributed by atoms with Gasteiger partial charge in [0, 0.05) is 106 Å². The van der Waals surface area contributed by atoms with E-state index in [1.807, 2.05) is 0 Å². The summed E-state index contributed by atoms with van der Waals surface area (Å²) < 4.78 is 7.10. The summed E-state index contributed by atoms with van der Waals surface area (Å²) in [7, 11) is 0. The summed E-state index contributed by atoms with van der Waals surface area (Å²) in [4.78, 5) is 7.04. The minimum atomic E-state index is -0.0782. The summed E-state index contributed by atoms with van der Waals surface area (Å²) in [5.74, 6) is 0. The lowest BCUT2D eigenvalue weighted by Crippen LogP contribution is -2.16. The maximum absolute atomic E-state index is 2.40. The van der Waals surface area contributed by atoms with Crippen LogP contribution in [-0.2, 0) is 5.41 Å². The molecule has 1 aliphatic rings. The molecule has 6 nitrogen and oxygen atoms in total. The van der Waals surface area contributed by atoms with Crippen molar-refractivity contribution in [2.75, 3.05) is 14.7 Å². The Morgan fingerprint density at radius 2 is 0.349 bits per heavy atom. The predicted molar refractivity (Wildman–Crippen MR) is 546 cm³/mol. The van der Waals surface area contributed by atoms with Crippen LogP contribution in [0, 0.1) is 0 Å². The van der Waals surface area contributed by atoms with Crippen LogP contribution in [0.5, 0.6) is 0 Å². The van der Waals surface area contributed by atoms with E-state index < -0.39 is 0 Å². The standard InChI is InChI=1S/C45H34N2.C42H30N2.C36H26N2/c1-45(2)41-17-9-6-14-37(41)38-29-28-36(30-42(38)45)46(33-22-20-32(21-23-33)31-12-4-3-5-13-31)34-24-26-35(27-25-34)47-43-18-10-7-15-39(43)40-16-8-11-19-44(40)47;1-3-11-31(12-4-1)33-19-23-35(24-20-33)43(36-25-21-34(22-26-36)32-13-5-2-6-14-32)37-27-29-38(30-28-37)44-41-17-9-7-15-39(41)40-16-8-10-18-42(40)44;1-3-11-27(12-4-1)28-19-21-30(22-20-28)37(29-13-5-2-6-14-29)31-23-25-32(26-24-31)38-35-17-9-7-15-33(35)34-16-8-10-18-36(34)38/h3-30H,1-2H3;1-30H;1-26H. The SMILES string of the molecule is CC1(C)c2ccccc2-c2ccc(N(c3ccc(-c4ccccc4)cc3)c3ccc(-n4c5ccccc5c5ccccc54)cc3)cc21.c1ccc(-c2ccc(N(c3ccc(-c4ccccc4)cc3)c3ccc(-n4c5ccccc5c5ccccc54)cc3)cc2)cc1.c1ccc(-c2ccc(N(c3ccccc3)c3ccc(-n4c5ccccc5c5ccccc54)cc3)cc2)cc1. The summed E-state index contributed by atoms with van der Waals surface area (Å²) in [6.45, 7) is 4.70. The van der Waals surface area contributed by atoms with Gasteiger partial charge in [-0.25, -0.2) is 0 Å². The zero-order chi connectivity index (χ0) is 86.1. The van der Waals surface area contributed by atoms with Crippen LogP contribution in [0.1, 0.15) is 25.0 Å². The summed E-state index contributed by atoms with van der Waals surface area (Å²) in [6.07, 6.45) is 0. The van der Waals surface area contributed by atoms with Gasteiger partial charge < -0.3 is 28.4 Å². The smallest absolute Gasteiger partial charge is 0.0541 e. The Morgan fingerprint density at radius 1 is 0.155 bits per heavy atom. The molecular formula is C123H90N6. The molecule has 0 amide bonds. The first-order valence-corrected chi connectivity index (χ1v) is 44.4. The molecule has 3 aromatic heterocycles. The molecule has 0 aliphatic heterocycles. The van der Waals surface area contributed by atoms with Crippen LogP contribution in [-0.4, -0.2) is 13.7 Å². The quantitative estimate of drug-likeness (QED) is 0.0964. The molecule has 129 heavy (non-hydrogen) atoms. The molecule has 0 fully saturated rings. The molecule has 3 heterocycles. The van der Waals surface area contributed by atoms with E-state index in [0.29, 0.717) is 0 Å². The summed E-state index contributed by atoms with van der Waals surface area (Å²) in [6, 6.07) is 183. The highest BCUT2D eigenvalue weighted by Gasteiger charge is 2.36. The molecule has 0 spiro atoms. The Balaban J connectivity index is 0.000000114. The van der Waals surface area contributed by atoms with Crippen molar-refractivity contribution in [3.8, 4) is 72.7 Å². The Kier molecular flexibility index (Phi) is 20.6. The van der Waals surface area contributed by atoms with Crippen molar-refractivity contribution < 1.29 is 0 Å². The topological polar surface area (TPSA) is 24.5 Å². The maximum Gasteiger partial charge on any atom is 0.0541 e. The van der Waals surface area contributed by atoms with Gasteiger partial charge in [0.2, 0.25) is 0 Å². The summed E-state index contributed by atoms with van der Waals surface area (Å²) >= 11 is 0. The number of hydrogen-bond acceptors (Lipinski definition) is 3. The molecule has 612 valence electrons. The predicted octanol–water partition coefficient (Wildman–Crippen LogP) is 33.7. The van der Waals surface area contributed by atoms with Crippen LogP contribution in [0.3, 0.4) is 0 Å². The average Bonchev–Trinajstić information content (AvgIpc) is 1.57. The Labute approximate surface area is 752 Å². The first-order chi connectivity index (χ1) is 63.8. The van der Waals surface area contributed by atoms with Crippen LogP contribution >= 0.6 is 0 Å². The lowest BCUT2D eigenvalue weighted by atomic mass is 9.82. The van der Waals surface area contributed by atoms with Crippen LogP contribution in [0.25, 0.3) is 138 Å². The van der Waals surface area contributed by atoms with Gasteiger partial charge in [-0.05, 0) is 249 Å². The molecule has 0 bridgehead atoms. The zero-order valence-electron chi connectivity index (χ0n) is 71.7. The number of hydrogen-bond donors (Lipinski definition) is 0. The van der Waals surface area contributed by atoms with E-state index >= 15 is 0 Å². The van der Waals surface area contributed by atoms with Crippen LogP contribution in [0.15, 0.2) is 510 Å². The fourth-order valence-electron chi connectivity index (χ4n) is 19.3. The van der Waals surface area contributed by atoms with E-state index in [-0.39, 0.29) is 5.41 Å². The Morgan fingerprint density at radius 3 is 0.628 bits per heavy atom. The van der Waals surface area contributed by atoms with Gasteiger partial charge in [0.05, 0.1) is 33.1 Å². The second kappa shape index (κ2) is 34.0. The van der Waals surface area contributed by atoms with Gasteiger partial charge in [-0.1, -0.05) is 341 Å². The number of para-hydroxylation sites is 7. The van der Waals surface area contributed by atoms with Crippen molar-refractivity contribution in [2.45, 2.75) is 19.3 Å². The lowest BCUT2D eigenvalue weighted by Gasteiger charge is -2.28. The molecule has 24 rings (SSSR count). The van der Waals surface area contributed by atoms with Crippen molar-refractivity contribution in [2.24, 2.45) is 0 Å².